The monoisotopic (exact) mass is 457 g/mol. The maximum Gasteiger partial charge on any atom is 0.315 e. The summed E-state index contributed by atoms with van der Waals surface area (Å²) in [4.78, 5) is 10.8. The van der Waals surface area contributed by atoms with Crippen molar-refractivity contribution in [3.05, 3.63) is 41.6 Å². The predicted octanol–water partition coefficient (Wildman–Crippen LogP) is 4.63. The first-order valence-corrected chi connectivity index (χ1v) is 10.5. The van der Waals surface area contributed by atoms with Crippen LogP contribution in [0.3, 0.4) is 0 Å². The summed E-state index contributed by atoms with van der Waals surface area (Å²) in [7, 11) is 1.59. The lowest BCUT2D eigenvalue weighted by atomic mass is 10.2. The molecular formula is C22H27F4N3O3. The second-order valence-corrected chi connectivity index (χ2v) is 8.06. The van der Waals surface area contributed by atoms with Crippen LogP contribution in [0.25, 0.3) is 0 Å². The molecule has 2 N–H and O–H groups in total. The molecule has 10 heteroatoms. The van der Waals surface area contributed by atoms with E-state index in [1.54, 1.807) is 11.8 Å². The number of unbranched alkanes of at least 4 members (excludes halogenated alkanes) is 1. The molecule has 2 aromatic rings. The van der Waals surface area contributed by atoms with Crippen LogP contribution >= 0.6 is 0 Å². The molecule has 0 radical (unpaired) electrons. The molecule has 1 aromatic carbocycles. The highest BCUT2D eigenvalue weighted by Crippen LogP contribution is 2.56. The molecule has 2 aliphatic carbocycles. The molecule has 0 spiro atoms. The SMILES string of the molecule is CCCCOC(=O)C1CC1(F)F.COc1ccc(Cn2nc(N)cc2C2CC2(F)F)cc1. The topological polar surface area (TPSA) is 79.4 Å². The minimum absolute atomic E-state index is 0.124. The van der Waals surface area contributed by atoms with Crippen LogP contribution in [0.15, 0.2) is 30.3 Å². The molecule has 0 aliphatic heterocycles. The molecule has 2 aliphatic rings. The Morgan fingerprint density at radius 1 is 1.19 bits per heavy atom. The van der Waals surface area contributed by atoms with Gasteiger partial charge in [-0.1, -0.05) is 25.5 Å². The van der Waals surface area contributed by atoms with Gasteiger partial charge < -0.3 is 15.2 Å². The number of anilines is 1. The first-order valence-electron chi connectivity index (χ1n) is 10.5. The summed E-state index contributed by atoms with van der Waals surface area (Å²) in [6, 6.07) is 8.95. The Bertz CT molecular complexity index is 931. The number of hydrogen-bond donors (Lipinski definition) is 1. The van der Waals surface area contributed by atoms with Gasteiger partial charge in [0.1, 0.15) is 17.5 Å². The van der Waals surface area contributed by atoms with Gasteiger partial charge in [-0.05, 0) is 24.1 Å². The van der Waals surface area contributed by atoms with Gasteiger partial charge in [0, 0.05) is 18.9 Å². The number of carbonyl (C=O) groups excluding carboxylic acids is 1. The summed E-state index contributed by atoms with van der Waals surface area (Å²) in [6.07, 6.45) is 1.18. The first-order chi connectivity index (χ1) is 15.1. The third-order valence-electron chi connectivity index (χ3n) is 5.36. The smallest absolute Gasteiger partial charge is 0.315 e. The number of carbonyl (C=O) groups is 1. The van der Waals surface area contributed by atoms with Gasteiger partial charge in [0.15, 0.2) is 0 Å². The van der Waals surface area contributed by atoms with E-state index < -0.39 is 29.7 Å². The summed E-state index contributed by atoms with van der Waals surface area (Å²) in [5.74, 6) is -7.04. The van der Waals surface area contributed by atoms with Gasteiger partial charge in [-0.15, -0.1) is 0 Å². The van der Waals surface area contributed by atoms with E-state index in [0.717, 1.165) is 24.2 Å². The molecule has 1 aromatic heterocycles. The summed E-state index contributed by atoms with van der Waals surface area (Å²) in [5, 5.41) is 4.11. The van der Waals surface area contributed by atoms with E-state index in [0.29, 0.717) is 12.2 Å². The molecule has 32 heavy (non-hydrogen) atoms. The quantitative estimate of drug-likeness (QED) is 0.355. The van der Waals surface area contributed by atoms with Gasteiger partial charge in [0.05, 0.1) is 31.9 Å². The molecule has 0 amide bonds. The number of ether oxygens (including phenoxy) is 2. The Kier molecular flexibility index (Phi) is 7.00. The zero-order chi connectivity index (χ0) is 23.5. The van der Waals surface area contributed by atoms with Crippen molar-refractivity contribution in [3.63, 3.8) is 0 Å². The van der Waals surface area contributed by atoms with Gasteiger partial charge in [-0.3, -0.25) is 9.48 Å². The van der Waals surface area contributed by atoms with Crippen molar-refractivity contribution < 1.29 is 31.8 Å². The number of benzene rings is 1. The number of alkyl halides is 4. The molecule has 2 fully saturated rings. The van der Waals surface area contributed by atoms with Crippen LogP contribution in [0.5, 0.6) is 5.75 Å². The fourth-order valence-electron chi connectivity index (χ4n) is 3.18. The number of aromatic nitrogens is 2. The van der Waals surface area contributed by atoms with Crippen LogP contribution in [-0.2, 0) is 16.1 Å². The first kappa shape index (κ1) is 23.9. The Labute approximate surface area is 183 Å². The van der Waals surface area contributed by atoms with E-state index in [9.17, 15) is 22.4 Å². The molecule has 176 valence electrons. The third-order valence-corrected chi connectivity index (χ3v) is 5.36. The molecule has 2 unspecified atom stereocenters. The van der Waals surface area contributed by atoms with E-state index in [1.165, 1.54) is 6.07 Å². The summed E-state index contributed by atoms with van der Waals surface area (Å²) >= 11 is 0. The van der Waals surface area contributed by atoms with Crippen LogP contribution in [0.1, 0.15) is 49.8 Å². The predicted molar refractivity (Wildman–Crippen MR) is 110 cm³/mol. The van der Waals surface area contributed by atoms with Crippen molar-refractivity contribution in [2.75, 3.05) is 19.5 Å². The normalized spacial score (nSPS) is 21.8. The molecule has 2 saturated carbocycles. The zero-order valence-electron chi connectivity index (χ0n) is 18.0. The largest absolute Gasteiger partial charge is 0.497 e. The molecular weight excluding hydrogens is 430 g/mol. The number of methoxy groups -OCH3 is 1. The Balaban J connectivity index is 0.000000207. The number of rotatable bonds is 8. The molecule has 4 rings (SSSR count). The van der Waals surface area contributed by atoms with Gasteiger partial charge in [-0.2, -0.15) is 5.10 Å². The number of nitrogen functional groups attached to an aromatic ring is 1. The maximum absolute atomic E-state index is 13.2. The van der Waals surface area contributed by atoms with E-state index in [2.05, 4.69) is 9.84 Å². The zero-order valence-corrected chi connectivity index (χ0v) is 18.0. The number of halogens is 4. The summed E-state index contributed by atoms with van der Waals surface area (Å²) in [6.45, 7) is 2.63. The van der Waals surface area contributed by atoms with Crippen molar-refractivity contribution in [2.24, 2.45) is 5.92 Å². The maximum atomic E-state index is 13.2. The molecule has 0 bridgehead atoms. The van der Waals surface area contributed by atoms with Crippen molar-refractivity contribution in [1.29, 1.82) is 0 Å². The lowest BCUT2D eigenvalue weighted by Crippen LogP contribution is -2.12. The van der Waals surface area contributed by atoms with E-state index in [-0.39, 0.29) is 25.3 Å². The average Bonchev–Trinajstić information content (AvgIpc) is 3.53. The van der Waals surface area contributed by atoms with Gasteiger partial charge >= 0.3 is 5.97 Å². The Hall–Kier alpha value is -2.78. The number of hydrogen-bond acceptors (Lipinski definition) is 5. The second kappa shape index (κ2) is 9.38. The Morgan fingerprint density at radius 2 is 1.81 bits per heavy atom. The minimum Gasteiger partial charge on any atom is -0.497 e. The summed E-state index contributed by atoms with van der Waals surface area (Å²) < 4.78 is 62.2. The average molecular weight is 457 g/mol. The van der Waals surface area contributed by atoms with Gasteiger partial charge in [0.25, 0.3) is 11.8 Å². The summed E-state index contributed by atoms with van der Waals surface area (Å²) in [5.41, 5.74) is 7.10. The van der Waals surface area contributed by atoms with Crippen LogP contribution < -0.4 is 10.5 Å². The van der Waals surface area contributed by atoms with Crippen molar-refractivity contribution in [2.45, 2.75) is 56.9 Å². The fraction of sp³-hybridized carbons (Fsp3) is 0.545. The van der Waals surface area contributed by atoms with Crippen molar-refractivity contribution >= 4 is 11.8 Å². The Morgan fingerprint density at radius 3 is 2.31 bits per heavy atom. The van der Waals surface area contributed by atoms with Crippen molar-refractivity contribution in [1.82, 2.24) is 9.78 Å². The van der Waals surface area contributed by atoms with Crippen LogP contribution in [-0.4, -0.2) is 41.3 Å². The number of nitrogens with two attached hydrogens (primary N) is 1. The van der Waals surface area contributed by atoms with E-state index in [4.69, 9.17) is 10.5 Å². The van der Waals surface area contributed by atoms with Crippen molar-refractivity contribution in [3.8, 4) is 5.75 Å². The molecule has 6 nitrogen and oxygen atoms in total. The lowest BCUT2D eigenvalue weighted by molar-refractivity contribution is -0.147. The third kappa shape index (κ3) is 5.92. The molecule has 0 saturated heterocycles. The lowest BCUT2D eigenvalue weighted by Gasteiger charge is -2.08. The second-order valence-electron chi connectivity index (χ2n) is 8.06. The highest BCUT2D eigenvalue weighted by Gasteiger charge is 2.62. The fourth-order valence-corrected chi connectivity index (χ4v) is 3.18. The number of esters is 1. The van der Waals surface area contributed by atoms with Crippen LogP contribution in [0.2, 0.25) is 0 Å². The standard InChI is InChI=1S/C14H15F2N3O.C8H12F2O2/c1-20-10-4-2-9(3-5-10)8-19-12(6-13(17)18-19)11-7-14(11,15)16;1-2-3-4-12-7(11)6-5-8(6,9)10/h2-6,11H,7-8H2,1H3,(H2,17,18);6H,2-5H2,1H3. The highest BCUT2D eigenvalue weighted by molar-refractivity contribution is 5.77. The molecule has 2 atom stereocenters. The van der Waals surface area contributed by atoms with E-state index in [1.807, 2.05) is 31.2 Å². The van der Waals surface area contributed by atoms with Gasteiger partial charge in [-0.25, -0.2) is 17.6 Å². The van der Waals surface area contributed by atoms with Crippen LogP contribution in [0.4, 0.5) is 23.4 Å². The number of nitrogens with zero attached hydrogens (tertiary/aromatic N) is 2. The van der Waals surface area contributed by atoms with Gasteiger partial charge in [0.2, 0.25) is 0 Å². The van der Waals surface area contributed by atoms with E-state index >= 15 is 0 Å². The molecule has 1 heterocycles. The minimum atomic E-state index is -2.79. The highest BCUT2D eigenvalue weighted by atomic mass is 19.3. The van der Waals surface area contributed by atoms with Crippen LogP contribution in [0, 0.1) is 5.92 Å².